The molecule has 0 heterocycles. The monoisotopic (exact) mass is 440 g/mol. The summed E-state index contributed by atoms with van der Waals surface area (Å²) >= 11 is 15.1. The van der Waals surface area contributed by atoms with Crippen LogP contribution in [0.15, 0.2) is 40.4 Å². The van der Waals surface area contributed by atoms with Gasteiger partial charge in [-0.3, -0.25) is 4.79 Å². The van der Waals surface area contributed by atoms with E-state index in [0.717, 1.165) is 0 Å². The maximum Gasteiger partial charge on any atom is 0.266 e. The van der Waals surface area contributed by atoms with Crippen molar-refractivity contribution in [3.05, 3.63) is 56.0 Å². The number of rotatable bonds is 4. The van der Waals surface area contributed by atoms with Gasteiger partial charge in [-0.1, -0.05) is 39.1 Å². The number of nitriles is 1. The van der Waals surface area contributed by atoms with Gasteiger partial charge in [-0.2, -0.15) is 5.26 Å². The van der Waals surface area contributed by atoms with Crippen molar-refractivity contribution in [1.29, 1.82) is 5.26 Å². The number of ether oxygens (including phenoxy) is 1. The van der Waals surface area contributed by atoms with E-state index in [4.69, 9.17) is 27.9 Å². The SMILES string of the molecule is COc1cc(/C=C(/C#N)C(=O)Nc2cc(Cl)ccc2Cl)c(Br)cc1O. The fourth-order valence-electron chi connectivity index (χ4n) is 1.92. The second kappa shape index (κ2) is 8.26. The summed E-state index contributed by atoms with van der Waals surface area (Å²) in [5, 5.41) is 22.2. The molecule has 2 aromatic carbocycles. The van der Waals surface area contributed by atoms with Gasteiger partial charge in [-0.05, 0) is 42.0 Å². The van der Waals surface area contributed by atoms with E-state index in [0.29, 0.717) is 25.8 Å². The van der Waals surface area contributed by atoms with Crippen LogP contribution >= 0.6 is 39.1 Å². The first-order chi connectivity index (χ1) is 11.8. The zero-order valence-electron chi connectivity index (χ0n) is 12.8. The number of hydrogen-bond acceptors (Lipinski definition) is 4. The summed E-state index contributed by atoms with van der Waals surface area (Å²) in [5.74, 6) is -0.504. The minimum absolute atomic E-state index is 0.0693. The number of nitrogens with one attached hydrogen (secondary N) is 1. The predicted octanol–water partition coefficient (Wildman–Crippen LogP) is 5.02. The van der Waals surface area contributed by atoms with Gasteiger partial charge in [0.15, 0.2) is 11.5 Å². The molecular weight excluding hydrogens is 431 g/mol. The summed E-state index contributed by atoms with van der Waals surface area (Å²) in [6.45, 7) is 0. The van der Waals surface area contributed by atoms with Crippen LogP contribution in [0.1, 0.15) is 5.56 Å². The second-order valence-electron chi connectivity index (χ2n) is 4.79. The van der Waals surface area contributed by atoms with Crippen LogP contribution in [0.4, 0.5) is 5.69 Å². The maximum atomic E-state index is 12.3. The highest BCUT2D eigenvalue weighted by Gasteiger charge is 2.14. The van der Waals surface area contributed by atoms with Gasteiger partial charge in [0.2, 0.25) is 0 Å². The van der Waals surface area contributed by atoms with Crippen LogP contribution in [0.25, 0.3) is 6.08 Å². The number of phenolic OH excluding ortho intramolecular Hbond substituents is 1. The Morgan fingerprint density at radius 3 is 2.72 bits per heavy atom. The zero-order chi connectivity index (χ0) is 18.6. The lowest BCUT2D eigenvalue weighted by molar-refractivity contribution is -0.112. The molecule has 0 saturated heterocycles. The van der Waals surface area contributed by atoms with E-state index in [-0.39, 0.29) is 17.1 Å². The fraction of sp³-hybridized carbons (Fsp3) is 0.0588. The fourth-order valence-corrected chi connectivity index (χ4v) is 2.70. The van der Waals surface area contributed by atoms with Crippen LogP contribution in [-0.4, -0.2) is 18.1 Å². The number of carbonyl (C=O) groups is 1. The molecule has 25 heavy (non-hydrogen) atoms. The molecule has 128 valence electrons. The molecule has 8 heteroatoms. The number of aromatic hydroxyl groups is 1. The van der Waals surface area contributed by atoms with Crippen molar-refractivity contribution in [1.82, 2.24) is 0 Å². The largest absolute Gasteiger partial charge is 0.504 e. The molecule has 2 N–H and O–H groups in total. The Morgan fingerprint density at radius 1 is 1.36 bits per heavy atom. The minimum atomic E-state index is -0.648. The molecule has 0 aliphatic heterocycles. The summed E-state index contributed by atoms with van der Waals surface area (Å²) in [4.78, 5) is 12.3. The van der Waals surface area contributed by atoms with Crippen molar-refractivity contribution in [2.24, 2.45) is 0 Å². The van der Waals surface area contributed by atoms with Crippen molar-refractivity contribution in [3.8, 4) is 17.6 Å². The lowest BCUT2D eigenvalue weighted by atomic mass is 10.1. The molecule has 0 radical (unpaired) electrons. The summed E-state index contributed by atoms with van der Waals surface area (Å²) in [7, 11) is 1.40. The molecule has 0 atom stereocenters. The van der Waals surface area contributed by atoms with Crippen molar-refractivity contribution in [2.45, 2.75) is 0 Å². The van der Waals surface area contributed by atoms with E-state index >= 15 is 0 Å². The van der Waals surface area contributed by atoms with Crippen molar-refractivity contribution < 1.29 is 14.6 Å². The lowest BCUT2D eigenvalue weighted by Crippen LogP contribution is -2.13. The first-order valence-electron chi connectivity index (χ1n) is 6.80. The van der Waals surface area contributed by atoms with E-state index in [2.05, 4.69) is 21.2 Å². The molecule has 2 rings (SSSR count). The first kappa shape index (κ1) is 19.1. The summed E-state index contributed by atoms with van der Waals surface area (Å²) in [6, 6.07) is 9.34. The zero-order valence-corrected chi connectivity index (χ0v) is 15.9. The van der Waals surface area contributed by atoms with Crippen LogP contribution in [0.5, 0.6) is 11.5 Å². The van der Waals surface area contributed by atoms with E-state index in [9.17, 15) is 15.2 Å². The predicted molar refractivity (Wildman–Crippen MR) is 101 cm³/mol. The van der Waals surface area contributed by atoms with E-state index in [1.807, 2.05) is 6.07 Å². The van der Waals surface area contributed by atoms with Gasteiger partial charge in [-0.25, -0.2) is 0 Å². The topological polar surface area (TPSA) is 82.3 Å². The number of anilines is 1. The Hall–Kier alpha value is -2.20. The van der Waals surface area contributed by atoms with Crippen LogP contribution < -0.4 is 10.1 Å². The molecule has 0 bridgehead atoms. The van der Waals surface area contributed by atoms with Gasteiger partial charge in [0.25, 0.3) is 5.91 Å². The molecule has 0 aliphatic rings. The molecule has 0 spiro atoms. The quantitative estimate of drug-likeness (QED) is 0.515. The number of hydrogen-bond donors (Lipinski definition) is 2. The summed E-state index contributed by atoms with van der Waals surface area (Å²) in [6.07, 6.45) is 1.36. The van der Waals surface area contributed by atoms with Gasteiger partial charge < -0.3 is 15.2 Å². The lowest BCUT2D eigenvalue weighted by Gasteiger charge is -2.09. The smallest absolute Gasteiger partial charge is 0.266 e. The summed E-state index contributed by atoms with van der Waals surface area (Å²) in [5.41, 5.74) is 0.616. The Balaban J connectivity index is 2.36. The van der Waals surface area contributed by atoms with Gasteiger partial charge in [0.05, 0.1) is 17.8 Å². The number of amides is 1. The molecule has 2 aromatic rings. The third-order valence-corrected chi connectivity index (χ3v) is 4.39. The highest BCUT2D eigenvalue weighted by molar-refractivity contribution is 9.10. The third kappa shape index (κ3) is 4.67. The van der Waals surface area contributed by atoms with Gasteiger partial charge >= 0.3 is 0 Å². The van der Waals surface area contributed by atoms with E-state index in [1.165, 1.54) is 37.5 Å². The molecule has 0 fully saturated rings. The Morgan fingerprint density at radius 2 is 2.08 bits per heavy atom. The van der Waals surface area contributed by atoms with Crippen molar-refractivity contribution >= 4 is 56.8 Å². The molecule has 0 aromatic heterocycles. The van der Waals surface area contributed by atoms with Gasteiger partial charge in [-0.15, -0.1) is 0 Å². The third-order valence-electron chi connectivity index (χ3n) is 3.14. The Labute approximate surface area is 162 Å². The van der Waals surface area contributed by atoms with Crippen molar-refractivity contribution in [2.75, 3.05) is 12.4 Å². The highest BCUT2D eigenvalue weighted by atomic mass is 79.9. The van der Waals surface area contributed by atoms with Crippen molar-refractivity contribution in [3.63, 3.8) is 0 Å². The molecule has 5 nitrogen and oxygen atoms in total. The van der Waals surface area contributed by atoms with Crippen LogP contribution in [-0.2, 0) is 4.79 Å². The average molecular weight is 442 g/mol. The minimum Gasteiger partial charge on any atom is -0.504 e. The first-order valence-corrected chi connectivity index (χ1v) is 8.35. The van der Waals surface area contributed by atoms with E-state index < -0.39 is 5.91 Å². The van der Waals surface area contributed by atoms with Gasteiger partial charge in [0.1, 0.15) is 11.6 Å². The Bertz CT molecular complexity index is 907. The van der Waals surface area contributed by atoms with Gasteiger partial charge in [0, 0.05) is 9.50 Å². The highest BCUT2D eigenvalue weighted by Crippen LogP contribution is 2.33. The standard InChI is InChI=1S/C17H11BrCl2N2O3/c1-25-16-5-9(12(18)7-15(16)23)4-10(8-21)17(24)22-14-6-11(19)2-3-13(14)20/h2-7,23H,1H3,(H,22,24)/b10-4-. The number of methoxy groups -OCH3 is 1. The molecule has 0 aliphatic carbocycles. The van der Waals surface area contributed by atoms with Crippen LogP contribution in [0.3, 0.4) is 0 Å². The summed E-state index contributed by atoms with van der Waals surface area (Å²) < 4.78 is 5.52. The molecule has 1 amide bonds. The van der Waals surface area contributed by atoms with Crippen LogP contribution in [0.2, 0.25) is 10.0 Å². The number of nitrogens with zero attached hydrogens (tertiary/aromatic N) is 1. The number of carbonyl (C=O) groups excluding carboxylic acids is 1. The Kier molecular flexibility index (Phi) is 6.32. The van der Waals surface area contributed by atoms with Crippen LogP contribution in [0, 0.1) is 11.3 Å². The maximum absolute atomic E-state index is 12.3. The molecular formula is C17H11BrCl2N2O3. The van der Waals surface area contributed by atoms with E-state index in [1.54, 1.807) is 6.07 Å². The normalized spacial score (nSPS) is 10.9. The second-order valence-corrected chi connectivity index (χ2v) is 6.49. The number of halogens is 3. The number of benzene rings is 2. The molecule has 0 unspecified atom stereocenters. The number of phenols is 1. The average Bonchev–Trinajstić information content (AvgIpc) is 2.57. The molecule has 0 saturated carbocycles.